The molecular weight excluding hydrogens is 805 g/mol. The molecule has 0 saturated carbocycles. The fourth-order valence-corrected chi connectivity index (χ4v) is 6.64. The standard InChI is InChI=1S/C59H94O6/c1-4-7-10-13-16-19-22-25-28-29-32-34-37-40-43-46-49-52-58(61)64-55-56(65-59(62)53-50-47-44-41-38-35-31-27-24-21-18-15-12-9-6-3)54-63-57(60)51-48-45-42-39-36-33-30-26-23-20-17-14-11-8-5-2/h7-12,16-21,25-28,30-31,38,41,56H,4-6,13-15,22-24,29,32-37,39-40,42-55H2,1-3H3/b10-7-,11-8-,12-9-,19-16-,20-17-,21-18-,28-25-,30-26-,31-27-,41-38-. The SMILES string of the molecule is CC/C=C\C/C=C\C/C=C\C/C=C\CCCCC(=O)OC(COC(=O)CCCCCCC/C=C\C/C=C\C/C=C\CC)COC(=O)CCCCCCCCC/C=C\C/C=C\C/C=C\CC. The van der Waals surface area contributed by atoms with Gasteiger partial charge in [-0.15, -0.1) is 0 Å². The first kappa shape index (κ1) is 60.8. The number of hydrogen-bond donors (Lipinski definition) is 0. The van der Waals surface area contributed by atoms with Crippen LogP contribution in [0.15, 0.2) is 122 Å². The van der Waals surface area contributed by atoms with Gasteiger partial charge in [-0.2, -0.15) is 0 Å². The van der Waals surface area contributed by atoms with Crippen molar-refractivity contribution in [2.45, 2.75) is 219 Å². The van der Waals surface area contributed by atoms with Crippen molar-refractivity contribution in [2.24, 2.45) is 0 Å². The van der Waals surface area contributed by atoms with Gasteiger partial charge in [0.2, 0.25) is 0 Å². The van der Waals surface area contributed by atoms with Crippen molar-refractivity contribution < 1.29 is 28.6 Å². The molecule has 0 heterocycles. The fourth-order valence-electron chi connectivity index (χ4n) is 6.64. The summed E-state index contributed by atoms with van der Waals surface area (Å²) in [6.45, 7) is 6.23. The van der Waals surface area contributed by atoms with Crippen molar-refractivity contribution in [3.05, 3.63) is 122 Å². The van der Waals surface area contributed by atoms with Crippen molar-refractivity contribution in [1.82, 2.24) is 0 Å². The maximum atomic E-state index is 12.8. The summed E-state index contributed by atoms with van der Waals surface area (Å²) in [5.74, 6) is -0.985. The summed E-state index contributed by atoms with van der Waals surface area (Å²) >= 11 is 0. The highest BCUT2D eigenvalue weighted by Crippen LogP contribution is 2.13. The maximum Gasteiger partial charge on any atom is 0.306 e. The Morgan fingerprint density at radius 3 is 0.892 bits per heavy atom. The molecule has 0 rings (SSSR count). The fraction of sp³-hybridized carbons (Fsp3) is 0.610. The molecule has 65 heavy (non-hydrogen) atoms. The third-order valence-corrected chi connectivity index (χ3v) is 10.4. The highest BCUT2D eigenvalue weighted by Gasteiger charge is 2.19. The smallest absolute Gasteiger partial charge is 0.306 e. The Hall–Kier alpha value is -4.19. The molecule has 0 aromatic carbocycles. The summed E-state index contributed by atoms with van der Waals surface area (Å²) in [5, 5.41) is 0. The zero-order valence-electron chi connectivity index (χ0n) is 41.7. The van der Waals surface area contributed by atoms with Gasteiger partial charge >= 0.3 is 17.9 Å². The lowest BCUT2D eigenvalue weighted by atomic mass is 10.1. The molecule has 0 spiro atoms. The second-order valence-electron chi connectivity index (χ2n) is 16.6. The highest BCUT2D eigenvalue weighted by molar-refractivity contribution is 5.71. The van der Waals surface area contributed by atoms with Crippen LogP contribution in [0, 0.1) is 0 Å². The van der Waals surface area contributed by atoms with Crippen LogP contribution >= 0.6 is 0 Å². The number of rotatable bonds is 45. The number of carbonyl (C=O) groups excluding carboxylic acids is 3. The van der Waals surface area contributed by atoms with Crippen LogP contribution in [0.25, 0.3) is 0 Å². The highest BCUT2D eigenvalue weighted by atomic mass is 16.6. The molecule has 0 aliphatic rings. The van der Waals surface area contributed by atoms with Crippen LogP contribution in [-0.4, -0.2) is 37.2 Å². The zero-order valence-corrected chi connectivity index (χ0v) is 41.7. The molecule has 0 aromatic heterocycles. The second kappa shape index (κ2) is 52.4. The predicted octanol–water partition coefficient (Wildman–Crippen LogP) is 17.3. The zero-order chi connectivity index (χ0) is 47.2. The Balaban J connectivity index is 4.51. The molecule has 0 aliphatic heterocycles. The lowest BCUT2D eigenvalue weighted by Gasteiger charge is -2.18. The maximum absolute atomic E-state index is 12.8. The van der Waals surface area contributed by atoms with Crippen molar-refractivity contribution >= 4 is 17.9 Å². The summed E-state index contributed by atoms with van der Waals surface area (Å²) in [4.78, 5) is 38.0. The van der Waals surface area contributed by atoms with E-state index in [1.54, 1.807) is 0 Å². The van der Waals surface area contributed by atoms with E-state index in [0.29, 0.717) is 19.3 Å². The molecule has 0 N–H and O–H groups in total. The van der Waals surface area contributed by atoms with Gasteiger partial charge in [0.05, 0.1) is 0 Å². The average Bonchev–Trinajstić information content (AvgIpc) is 3.30. The van der Waals surface area contributed by atoms with E-state index in [0.717, 1.165) is 141 Å². The quantitative estimate of drug-likeness (QED) is 0.0262. The average molecular weight is 899 g/mol. The van der Waals surface area contributed by atoms with E-state index in [-0.39, 0.29) is 37.5 Å². The van der Waals surface area contributed by atoms with E-state index in [2.05, 4.69) is 142 Å². The lowest BCUT2D eigenvalue weighted by Crippen LogP contribution is -2.30. The lowest BCUT2D eigenvalue weighted by molar-refractivity contribution is -0.167. The monoisotopic (exact) mass is 899 g/mol. The van der Waals surface area contributed by atoms with E-state index in [1.165, 1.54) is 25.7 Å². The molecule has 0 amide bonds. The summed E-state index contributed by atoms with van der Waals surface area (Å²) in [7, 11) is 0. The molecule has 0 aromatic rings. The van der Waals surface area contributed by atoms with Crippen LogP contribution in [0.1, 0.15) is 213 Å². The third kappa shape index (κ3) is 50.7. The van der Waals surface area contributed by atoms with E-state index in [4.69, 9.17) is 14.2 Å². The third-order valence-electron chi connectivity index (χ3n) is 10.4. The second-order valence-corrected chi connectivity index (χ2v) is 16.6. The Kier molecular flexibility index (Phi) is 49.1. The van der Waals surface area contributed by atoms with Crippen molar-refractivity contribution in [1.29, 1.82) is 0 Å². The Labute approximate surface area is 399 Å². The molecule has 0 fully saturated rings. The number of carbonyl (C=O) groups is 3. The van der Waals surface area contributed by atoms with Gasteiger partial charge in [-0.1, -0.05) is 194 Å². The van der Waals surface area contributed by atoms with Crippen molar-refractivity contribution in [3.63, 3.8) is 0 Å². The van der Waals surface area contributed by atoms with Gasteiger partial charge in [-0.25, -0.2) is 0 Å². The van der Waals surface area contributed by atoms with Gasteiger partial charge in [0.25, 0.3) is 0 Å². The van der Waals surface area contributed by atoms with Crippen molar-refractivity contribution in [3.8, 4) is 0 Å². The molecule has 1 atom stereocenters. The van der Waals surface area contributed by atoms with E-state index < -0.39 is 6.10 Å². The van der Waals surface area contributed by atoms with Crippen LogP contribution < -0.4 is 0 Å². The van der Waals surface area contributed by atoms with Gasteiger partial charge < -0.3 is 14.2 Å². The number of allylic oxidation sites excluding steroid dienone is 20. The van der Waals surface area contributed by atoms with Crippen LogP contribution in [0.3, 0.4) is 0 Å². The molecule has 366 valence electrons. The molecular formula is C59H94O6. The number of ether oxygens (including phenoxy) is 3. The largest absolute Gasteiger partial charge is 0.462 e. The summed E-state index contributed by atoms with van der Waals surface area (Å²) in [5.41, 5.74) is 0. The van der Waals surface area contributed by atoms with Gasteiger partial charge in [0.1, 0.15) is 13.2 Å². The molecule has 6 nitrogen and oxygen atoms in total. The number of unbranched alkanes of at least 4 members (excludes halogenated alkanes) is 14. The van der Waals surface area contributed by atoms with Crippen LogP contribution in [0.5, 0.6) is 0 Å². The molecule has 0 saturated heterocycles. The topological polar surface area (TPSA) is 78.9 Å². The Morgan fingerprint density at radius 1 is 0.308 bits per heavy atom. The molecule has 6 heteroatoms. The van der Waals surface area contributed by atoms with Crippen LogP contribution in [0.4, 0.5) is 0 Å². The molecule has 0 aliphatic carbocycles. The minimum Gasteiger partial charge on any atom is -0.462 e. The first-order valence-corrected chi connectivity index (χ1v) is 26.0. The Morgan fingerprint density at radius 2 is 0.554 bits per heavy atom. The normalized spacial score (nSPS) is 13.1. The Bertz CT molecular complexity index is 1400. The van der Waals surface area contributed by atoms with E-state index >= 15 is 0 Å². The first-order chi connectivity index (χ1) is 32.0. The van der Waals surface area contributed by atoms with Gasteiger partial charge in [-0.05, 0) is 122 Å². The van der Waals surface area contributed by atoms with E-state index in [9.17, 15) is 14.4 Å². The first-order valence-electron chi connectivity index (χ1n) is 26.0. The minimum absolute atomic E-state index is 0.109. The number of esters is 3. The van der Waals surface area contributed by atoms with Crippen molar-refractivity contribution in [2.75, 3.05) is 13.2 Å². The van der Waals surface area contributed by atoms with Crippen LogP contribution in [0.2, 0.25) is 0 Å². The summed E-state index contributed by atoms with van der Waals surface area (Å²) in [6, 6.07) is 0. The van der Waals surface area contributed by atoms with Gasteiger partial charge in [-0.3, -0.25) is 14.4 Å². The summed E-state index contributed by atoms with van der Waals surface area (Å²) < 4.78 is 16.8. The van der Waals surface area contributed by atoms with Gasteiger partial charge in [0.15, 0.2) is 6.10 Å². The van der Waals surface area contributed by atoms with Gasteiger partial charge in [0, 0.05) is 19.3 Å². The molecule has 0 bridgehead atoms. The predicted molar refractivity (Wildman–Crippen MR) is 279 cm³/mol. The number of hydrogen-bond acceptors (Lipinski definition) is 6. The molecule has 0 radical (unpaired) electrons. The van der Waals surface area contributed by atoms with Crippen LogP contribution in [-0.2, 0) is 28.6 Å². The minimum atomic E-state index is -0.814. The summed E-state index contributed by atoms with van der Waals surface area (Å²) in [6.07, 6.45) is 71.8. The van der Waals surface area contributed by atoms with E-state index in [1.807, 2.05) is 0 Å². The molecule has 1 unspecified atom stereocenters.